The van der Waals surface area contributed by atoms with Crippen LogP contribution < -0.4 is 11.1 Å². The smallest absolute Gasteiger partial charge is 0.230 e. The summed E-state index contributed by atoms with van der Waals surface area (Å²) in [6, 6.07) is 7.48. The Labute approximate surface area is 160 Å². The second-order valence-electron chi connectivity index (χ2n) is 6.30. The van der Waals surface area contributed by atoms with E-state index in [1.54, 1.807) is 6.07 Å². The Morgan fingerprint density at radius 1 is 1.40 bits per heavy atom. The maximum Gasteiger partial charge on any atom is 0.230 e. The zero-order valence-corrected chi connectivity index (χ0v) is 16.1. The topological polar surface area (TPSA) is 75.4 Å². The molecular formula is C18H27Cl2N3O2. The average Bonchev–Trinajstić information content (AvgIpc) is 2.59. The number of nitrogens with two attached hydrogens (primary N) is 1. The van der Waals surface area contributed by atoms with E-state index in [0.29, 0.717) is 24.5 Å². The number of nitrogens with zero attached hydrogens (tertiary/aromatic N) is 1. The maximum absolute atomic E-state index is 12.9. The van der Waals surface area contributed by atoms with Crippen LogP contribution in [0, 0.1) is 0 Å². The number of halogens is 2. The highest BCUT2D eigenvalue weighted by Gasteiger charge is 2.30. The van der Waals surface area contributed by atoms with Crippen LogP contribution in [0.5, 0.6) is 0 Å². The molecule has 1 saturated heterocycles. The molecule has 3 N–H and O–H groups in total. The Kier molecular flexibility index (Phi) is 9.25. The number of amides is 2. The minimum Gasteiger partial charge on any atom is -0.354 e. The molecule has 0 saturated carbocycles. The number of hydrogen-bond donors (Lipinski definition) is 2. The van der Waals surface area contributed by atoms with Gasteiger partial charge >= 0.3 is 0 Å². The first-order valence-corrected chi connectivity index (χ1v) is 8.93. The molecule has 1 fully saturated rings. The van der Waals surface area contributed by atoms with Crippen LogP contribution in [-0.2, 0) is 9.59 Å². The number of hydrogen-bond acceptors (Lipinski definition) is 3. The number of likely N-dealkylation sites (tertiary alicyclic amines) is 1. The lowest BCUT2D eigenvalue weighted by Crippen LogP contribution is -2.50. The summed E-state index contributed by atoms with van der Waals surface area (Å²) in [5.41, 5.74) is 6.31. The average molecular weight is 388 g/mol. The van der Waals surface area contributed by atoms with Gasteiger partial charge in [0.15, 0.2) is 0 Å². The van der Waals surface area contributed by atoms with E-state index in [0.717, 1.165) is 31.4 Å². The van der Waals surface area contributed by atoms with Crippen molar-refractivity contribution in [1.29, 1.82) is 0 Å². The molecule has 0 spiro atoms. The molecule has 1 aromatic carbocycles. The molecule has 0 bridgehead atoms. The maximum atomic E-state index is 12.9. The fourth-order valence-corrected chi connectivity index (χ4v) is 3.32. The Balaban J connectivity index is 0.00000312. The minimum absolute atomic E-state index is 0. The van der Waals surface area contributed by atoms with Crippen LogP contribution in [0.1, 0.15) is 44.1 Å². The lowest BCUT2D eigenvalue weighted by molar-refractivity contribution is -0.136. The second-order valence-corrected chi connectivity index (χ2v) is 6.74. The van der Waals surface area contributed by atoms with Crippen molar-refractivity contribution < 1.29 is 9.59 Å². The van der Waals surface area contributed by atoms with Crippen molar-refractivity contribution in [3.05, 3.63) is 34.9 Å². The van der Waals surface area contributed by atoms with Gasteiger partial charge in [0.2, 0.25) is 11.8 Å². The third-order valence-corrected chi connectivity index (χ3v) is 4.77. The molecule has 0 aliphatic carbocycles. The largest absolute Gasteiger partial charge is 0.354 e. The number of rotatable bonds is 6. The lowest BCUT2D eigenvalue weighted by Gasteiger charge is -2.37. The highest BCUT2D eigenvalue weighted by atomic mass is 35.5. The molecule has 2 rings (SSSR count). The van der Waals surface area contributed by atoms with Crippen LogP contribution in [0.3, 0.4) is 0 Å². The SMILES string of the molecule is CC(C(=O)N1CCCCC1CNC(=O)CCN)c1cccc(Cl)c1.Cl. The molecule has 2 unspecified atom stereocenters. The predicted octanol–water partition coefficient (Wildman–Crippen LogP) is 2.71. The summed E-state index contributed by atoms with van der Waals surface area (Å²) in [5, 5.41) is 3.53. The van der Waals surface area contributed by atoms with Gasteiger partial charge in [-0.3, -0.25) is 9.59 Å². The normalized spacial score (nSPS) is 18.2. The zero-order chi connectivity index (χ0) is 17.5. The highest BCUT2D eigenvalue weighted by Crippen LogP contribution is 2.25. The fourth-order valence-electron chi connectivity index (χ4n) is 3.12. The van der Waals surface area contributed by atoms with E-state index in [1.165, 1.54) is 0 Å². The Morgan fingerprint density at radius 3 is 2.84 bits per heavy atom. The molecular weight excluding hydrogens is 361 g/mol. The molecule has 0 aromatic heterocycles. The molecule has 1 aliphatic rings. The first-order valence-electron chi connectivity index (χ1n) is 8.55. The van der Waals surface area contributed by atoms with Gasteiger partial charge in [0.25, 0.3) is 0 Å². The number of benzene rings is 1. The molecule has 1 aromatic rings. The summed E-state index contributed by atoms with van der Waals surface area (Å²) < 4.78 is 0. The fraction of sp³-hybridized carbons (Fsp3) is 0.556. The van der Waals surface area contributed by atoms with Crippen molar-refractivity contribution in [3.8, 4) is 0 Å². The number of carbonyl (C=O) groups is 2. The number of nitrogens with one attached hydrogen (secondary N) is 1. The van der Waals surface area contributed by atoms with E-state index in [1.807, 2.05) is 30.0 Å². The summed E-state index contributed by atoms with van der Waals surface area (Å²) in [6.07, 6.45) is 3.31. The van der Waals surface area contributed by atoms with Crippen molar-refractivity contribution >= 4 is 35.8 Å². The Bertz CT molecular complexity index is 583. The van der Waals surface area contributed by atoms with E-state index in [9.17, 15) is 9.59 Å². The van der Waals surface area contributed by atoms with Crippen molar-refractivity contribution in [2.24, 2.45) is 5.73 Å². The van der Waals surface area contributed by atoms with E-state index in [2.05, 4.69) is 5.32 Å². The third-order valence-electron chi connectivity index (χ3n) is 4.54. The number of piperidine rings is 1. The van der Waals surface area contributed by atoms with Gasteiger partial charge in [-0.2, -0.15) is 0 Å². The summed E-state index contributed by atoms with van der Waals surface area (Å²) in [6.45, 7) is 3.48. The molecule has 1 heterocycles. The third kappa shape index (κ3) is 6.17. The molecule has 140 valence electrons. The standard InChI is InChI=1S/C18H26ClN3O2.ClH/c1-13(14-5-4-6-15(19)11-14)18(24)22-10-3-2-7-16(22)12-21-17(23)8-9-20;/h4-6,11,13,16H,2-3,7-10,12,20H2,1H3,(H,21,23);1H. The second kappa shape index (κ2) is 10.6. The summed E-state index contributed by atoms with van der Waals surface area (Å²) >= 11 is 6.04. The van der Waals surface area contributed by atoms with Crippen LogP contribution in [0.15, 0.2) is 24.3 Å². The van der Waals surface area contributed by atoms with E-state index < -0.39 is 0 Å². The van der Waals surface area contributed by atoms with Crippen molar-refractivity contribution in [1.82, 2.24) is 10.2 Å². The van der Waals surface area contributed by atoms with Gasteiger partial charge in [-0.1, -0.05) is 23.7 Å². The van der Waals surface area contributed by atoms with Gasteiger partial charge in [-0.05, 0) is 43.9 Å². The van der Waals surface area contributed by atoms with Crippen LogP contribution in [0.2, 0.25) is 5.02 Å². The van der Waals surface area contributed by atoms with Crippen LogP contribution in [0.4, 0.5) is 0 Å². The Hall–Kier alpha value is -1.30. The summed E-state index contributed by atoms with van der Waals surface area (Å²) in [7, 11) is 0. The molecule has 2 atom stereocenters. The van der Waals surface area contributed by atoms with Crippen LogP contribution in [-0.4, -0.2) is 42.4 Å². The zero-order valence-electron chi connectivity index (χ0n) is 14.5. The van der Waals surface area contributed by atoms with Crippen molar-refractivity contribution in [2.45, 2.75) is 44.6 Å². The van der Waals surface area contributed by atoms with Crippen molar-refractivity contribution in [2.75, 3.05) is 19.6 Å². The predicted molar refractivity (Wildman–Crippen MR) is 103 cm³/mol. The number of carbonyl (C=O) groups excluding carboxylic acids is 2. The Morgan fingerprint density at radius 2 is 2.16 bits per heavy atom. The monoisotopic (exact) mass is 387 g/mol. The molecule has 7 heteroatoms. The van der Waals surface area contributed by atoms with Gasteiger partial charge in [-0.25, -0.2) is 0 Å². The van der Waals surface area contributed by atoms with E-state index in [-0.39, 0.29) is 36.2 Å². The van der Waals surface area contributed by atoms with Gasteiger partial charge in [0, 0.05) is 37.1 Å². The summed E-state index contributed by atoms with van der Waals surface area (Å²) in [5.74, 6) is -0.211. The molecule has 5 nitrogen and oxygen atoms in total. The first-order chi connectivity index (χ1) is 11.5. The molecule has 1 aliphatic heterocycles. The van der Waals surface area contributed by atoms with Gasteiger partial charge in [-0.15, -0.1) is 12.4 Å². The minimum atomic E-state index is -0.246. The van der Waals surface area contributed by atoms with Crippen LogP contribution in [0.25, 0.3) is 0 Å². The van der Waals surface area contributed by atoms with Gasteiger partial charge < -0.3 is 16.0 Å². The van der Waals surface area contributed by atoms with Gasteiger partial charge in [0.1, 0.15) is 0 Å². The molecule has 25 heavy (non-hydrogen) atoms. The van der Waals surface area contributed by atoms with Gasteiger partial charge in [0.05, 0.1) is 5.92 Å². The van der Waals surface area contributed by atoms with E-state index >= 15 is 0 Å². The van der Waals surface area contributed by atoms with Crippen LogP contribution >= 0.6 is 24.0 Å². The first kappa shape index (κ1) is 21.7. The van der Waals surface area contributed by atoms with Crippen molar-refractivity contribution in [3.63, 3.8) is 0 Å². The summed E-state index contributed by atoms with van der Waals surface area (Å²) in [4.78, 5) is 26.5. The quantitative estimate of drug-likeness (QED) is 0.787. The van der Waals surface area contributed by atoms with E-state index in [4.69, 9.17) is 17.3 Å². The highest BCUT2D eigenvalue weighted by molar-refractivity contribution is 6.30. The molecule has 0 radical (unpaired) electrons. The molecule has 2 amide bonds. The lowest BCUT2D eigenvalue weighted by atomic mass is 9.95.